The zero-order valence-electron chi connectivity index (χ0n) is 16.3. The molecular weight excluding hydrogens is 469 g/mol. The Labute approximate surface area is 182 Å². The number of aromatic nitrogens is 2. The maximum atomic E-state index is 4.65. The molecular formula is C20H28IN5S. The topological polar surface area (TPSA) is 65.1 Å². The zero-order chi connectivity index (χ0) is 18.5. The van der Waals surface area contributed by atoms with Gasteiger partial charge in [0, 0.05) is 42.0 Å². The fourth-order valence-corrected chi connectivity index (χ4v) is 3.72. The molecule has 0 amide bonds. The summed E-state index contributed by atoms with van der Waals surface area (Å²) in [6.45, 7) is 7.97. The van der Waals surface area contributed by atoms with Crippen molar-refractivity contribution in [2.24, 2.45) is 4.99 Å². The third kappa shape index (κ3) is 5.68. The third-order valence-electron chi connectivity index (χ3n) is 4.33. The normalized spacial score (nSPS) is 11.7. The van der Waals surface area contributed by atoms with Crippen molar-refractivity contribution in [1.82, 2.24) is 20.6 Å². The van der Waals surface area contributed by atoms with Crippen molar-refractivity contribution < 1.29 is 0 Å². The highest BCUT2D eigenvalue weighted by Gasteiger charge is 2.07. The van der Waals surface area contributed by atoms with E-state index in [0.29, 0.717) is 12.5 Å². The van der Waals surface area contributed by atoms with Gasteiger partial charge in [-0.15, -0.1) is 35.3 Å². The number of fused-ring (bicyclic) bond motifs is 1. The van der Waals surface area contributed by atoms with Gasteiger partial charge in [0.05, 0.1) is 17.2 Å². The highest BCUT2D eigenvalue weighted by Crippen LogP contribution is 2.20. The van der Waals surface area contributed by atoms with E-state index >= 15 is 0 Å². The molecule has 0 spiro atoms. The molecule has 0 aliphatic rings. The second-order valence-corrected chi connectivity index (χ2v) is 7.69. The van der Waals surface area contributed by atoms with Gasteiger partial charge >= 0.3 is 0 Å². The van der Waals surface area contributed by atoms with Crippen LogP contribution in [0, 0.1) is 6.92 Å². The lowest BCUT2D eigenvalue weighted by Gasteiger charge is -2.10. The molecule has 0 fully saturated rings. The Kier molecular flexibility index (Phi) is 8.09. The number of hydrogen-bond donors (Lipinski definition) is 3. The van der Waals surface area contributed by atoms with Crippen molar-refractivity contribution in [2.75, 3.05) is 13.6 Å². The van der Waals surface area contributed by atoms with E-state index in [1.165, 1.54) is 27.0 Å². The minimum atomic E-state index is 0. The van der Waals surface area contributed by atoms with Gasteiger partial charge in [0.15, 0.2) is 5.96 Å². The van der Waals surface area contributed by atoms with E-state index in [9.17, 15) is 0 Å². The van der Waals surface area contributed by atoms with Crippen molar-refractivity contribution in [3.8, 4) is 0 Å². The van der Waals surface area contributed by atoms with Crippen molar-refractivity contribution in [3.63, 3.8) is 0 Å². The summed E-state index contributed by atoms with van der Waals surface area (Å²) in [6.07, 6.45) is 3.04. The summed E-state index contributed by atoms with van der Waals surface area (Å²) in [4.78, 5) is 12.3. The second kappa shape index (κ2) is 10.1. The minimum absolute atomic E-state index is 0. The maximum Gasteiger partial charge on any atom is 0.191 e. The van der Waals surface area contributed by atoms with Gasteiger partial charge in [0.2, 0.25) is 0 Å². The van der Waals surface area contributed by atoms with E-state index in [2.05, 4.69) is 76.1 Å². The van der Waals surface area contributed by atoms with E-state index in [-0.39, 0.29) is 24.0 Å². The maximum absolute atomic E-state index is 4.65. The fourth-order valence-electron chi connectivity index (χ4n) is 2.89. The Morgan fingerprint density at radius 2 is 2.11 bits per heavy atom. The van der Waals surface area contributed by atoms with Crippen LogP contribution in [0.4, 0.5) is 0 Å². The smallest absolute Gasteiger partial charge is 0.191 e. The SMILES string of the molecule is CN=C(NCCc1c[nH]c2cc(C)ccc12)NCc1csc(C(C)C)n1.I. The van der Waals surface area contributed by atoms with E-state index in [0.717, 1.165) is 24.6 Å². The molecule has 5 nitrogen and oxygen atoms in total. The number of aromatic amines is 1. The van der Waals surface area contributed by atoms with Crippen molar-refractivity contribution in [2.45, 2.75) is 39.7 Å². The first-order valence-corrected chi connectivity index (χ1v) is 9.90. The average Bonchev–Trinajstić information content (AvgIpc) is 3.25. The van der Waals surface area contributed by atoms with Crippen LogP contribution in [0.2, 0.25) is 0 Å². The molecule has 1 aromatic carbocycles. The van der Waals surface area contributed by atoms with E-state index in [4.69, 9.17) is 0 Å². The number of benzene rings is 1. The van der Waals surface area contributed by atoms with Crippen molar-refractivity contribution in [1.29, 1.82) is 0 Å². The van der Waals surface area contributed by atoms with Gasteiger partial charge in [-0.3, -0.25) is 4.99 Å². The molecule has 27 heavy (non-hydrogen) atoms. The summed E-state index contributed by atoms with van der Waals surface area (Å²) in [7, 11) is 1.80. The Balaban J connectivity index is 0.00000261. The van der Waals surface area contributed by atoms with Gasteiger partial charge in [-0.05, 0) is 30.5 Å². The molecule has 3 rings (SSSR count). The van der Waals surface area contributed by atoms with Crippen molar-refractivity contribution >= 4 is 52.2 Å². The first-order valence-electron chi connectivity index (χ1n) is 9.02. The van der Waals surface area contributed by atoms with Crippen LogP contribution in [0.3, 0.4) is 0 Å². The summed E-state index contributed by atoms with van der Waals surface area (Å²) in [5, 5.41) is 11.3. The van der Waals surface area contributed by atoms with Crippen LogP contribution in [0.25, 0.3) is 10.9 Å². The number of H-pyrrole nitrogens is 1. The molecule has 0 atom stereocenters. The molecule has 0 aliphatic heterocycles. The highest BCUT2D eigenvalue weighted by atomic mass is 127. The third-order valence-corrected chi connectivity index (χ3v) is 5.53. The van der Waals surface area contributed by atoms with Crippen LogP contribution in [-0.2, 0) is 13.0 Å². The summed E-state index contributed by atoms with van der Waals surface area (Å²) in [5.41, 5.74) is 4.86. The van der Waals surface area contributed by atoms with E-state index < -0.39 is 0 Å². The molecule has 2 heterocycles. The summed E-state index contributed by atoms with van der Waals surface area (Å²) in [5.74, 6) is 1.28. The number of thiazole rings is 1. The molecule has 0 radical (unpaired) electrons. The van der Waals surface area contributed by atoms with Gasteiger partial charge in [-0.25, -0.2) is 4.98 Å². The first-order chi connectivity index (χ1) is 12.6. The molecule has 146 valence electrons. The number of hydrogen-bond acceptors (Lipinski definition) is 3. The number of rotatable bonds is 6. The number of halogens is 1. The molecule has 2 aromatic heterocycles. The summed E-state index contributed by atoms with van der Waals surface area (Å²) >= 11 is 1.72. The van der Waals surface area contributed by atoms with Crippen LogP contribution < -0.4 is 10.6 Å². The Morgan fingerprint density at radius 3 is 2.81 bits per heavy atom. The minimum Gasteiger partial charge on any atom is -0.361 e. The van der Waals surface area contributed by atoms with Gasteiger partial charge in [0.25, 0.3) is 0 Å². The van der Waals surface area contributed by atoms with E-state index in [1.807, 2.05) is 0 Å². The lowest BCUT2D eigenvalue weighted by molar-refractivity contribution is 0.777. The van der Waals surface area contributed by atoms with Crippen LogP contribution in [0.15, 0.2) is 34.8 Å². The molecule has 7 heteroatoms. The molecule has 0 saturated heterocycles. The van der Waals surface area contributed by atoms with Crippen LogP contribution in [-0.4, -0.2) is 29.5 Å². The molecule has 0 bridgehead atoms. The Bertz CT molecular complexity index is 897. The Morgan fingerprint density at radius 1 is 1.30 bits per heavy atom. The number of guanidine groups is 1. The largest absolute Gasteiger partial charge is 0.361 e. The summed E-state index contributed by atoms with van der Waals surface area (Å²) in [6, 6.07) is 6.54. The highest BCUT2D eigenvalue weighted by molar-refractivity contribution is 14.0. The molecule has 3 aromatic rings. The van der Waals surface area contributed by atoms with Crippen LogP contribution in [0.5, 0.6) is 0 Å². The van der Waals surface area contributed by atoms with Crippen LogP contribution in [0.1, 0.15) is 41.6 Å². The molecule has 0 unspecified atom stereocenters. The second-order valence-electron chi connectivity index (χ2n) is 6.80. The first kappa shape index (κ1) is 21.7. The standard InChI is InChI=1S/C20H27N5S.HI/c1-13(2)19-25-16(12-26-19)11-24-20(21-4)22-8-7-15-10-23-18-9-14(3)5-6-17(15)18;/h5-6,9-10,12-13,23H,7-8,11H2,1-4H3,(H2,21,22,24);1H. The quantitative estimate of drug-likeness (QED) is 0.265. The number of nitrogens with zero attached hydrogens (tertiary/aromatic N) is 2. The average molecular weight is 497 g/mol. The molecule has 3 N–H and O–H groups in total. The molecule has 0 aliphatic carbocycles. The van der Waals surface area contributed by atoms with Gasteiger partial charge in [-0.2, -0.15) is 0 Å². The van der Waals surface area contributed by atoms with Crippen molar-refractivity contribution in [3.05, 3.63) is 51.6 Å². The van der Waals surface area contributed by atoms with Gasteiger partial charge < -0.3 is 15.6 Å². The van der Waals surface area contributed by atoms with Gasteiger partial charge in [-0.1, -0.05) is 26.0 Å². The van der Waals surface area contributed by atoms with E-state index in [1.54, 1.807) is 18.4 Å². The lowest BCUT2D eigenvalue weighted by atomic mass is 10.1. The van der Waals surface area contributed by atoms with Crippen LogP contribution >= 0.6 is 35.3 Å². The number of aryl methyl sites for hydroxylation is 1. The predicted octanol–water partition coefficient (Wildman–Crippen LogP) is 4.58. The number of nitrogens with one attached hydrogen (secondary N) is 3. The zero-order valence-corrected chi connectivity index (χ0v) is 19.4. The molecule has 0 saturated carbocycles. The fraction of sp³-hybridized carbons (Fsp3) is 0.400. The Hall–Kier alpha value is -1.61. The predicted molar refractivity (Wildman–Crippen MR) is 127 cm³/mol. The van der Waals surface area contributed by atoms with Gasteiger partial charge in [0.1, 0.15) is 0 Å². The summed E-state index contributed by atoms with van der Waals surface area (Å²) < 4.78 is 0. The monoisotopic (exact) mass is 497 g/mol. The number of aliphatic imine (C=N–C) groups is 1. The lowest BCUT2D eigenvalue weighted by Crippen LogP contribution is -2.37.